The minimum atomic E-state index is -0.823. The summed E-state index contributed by atoms with van der Waals surface area (Å²) in [6.07, 6.45) is -0.823. The summed E-state index contributed by atoms with van der Waals surface area (Å²) < 4.78 is 0. The van der Waals surface area contributed by atoms with Gasteiger partial charge < -0.3 is 20.4 Å². The van der Waals surface area contributed by atoms with Gasteiger partial charge in [0.15, 0.2) is 0 Å². The van der Waals surface area contributed by atoms with Crippen molar-refractivity contribution in [1.29, 1.82) is 0 Å². The molecule has 0 aromatic heterocycles. The van der Waals surface area contributed by atoms with Gasteiger partial charge in [-0.05, 0) is 13.8 Å². The summed E-state index contributed by atoms with van der Waals surface area (Å²) in [6.45, 7) is 5.68. The van der Waals surface area contributed by atoms with Gasteiger partial charge in [-0.25, -0.2) is 4.79 Å². The molecular weight excluding hydrogens is 188 g/mol. The van der Waals surface area contributed by atoms with Crippen LogP contribution in [0.1, 0.15) is 13.8 Å². The maximum absolute atomic E-state index is 10.7. The highest BCUT2D eigenvalue weighted by atomic mass is 16.4. The molecule has 0 spiro atoms. The Labute approximate surface area is 82.5 Å². The molecule has 0 bridgehead atoms. The number of hydrogen-bond donors (Lipinski definition) is 3. The van der Waals surface area contributed by atoms with Crippen molar-refractivity contribution in [3.8, 4) is 0 Å². The van der Waals surface area contributed by atoms with Gasteiger partial charge in [-0.2, -0.15) is 0 Å². The average molecular weight is 204 g/mol. The van der Waals surface area contributed by atoms with E-state index in [2.05, 4.69) is 5.32 Å². The van der Waals surface area contributed by atoms with Crippen LogP contribution in [0.25, 0.3) is 0 Å². The summed E-state index contributed by atoms with van der Waals surface area (Å²) in [5, 5.41) is 18.8. The first-order valence-electron chi connectivity index (χ1n) is 4.25. The van der Waals surface area contributed by atoms with Gasteiger partial charge in [-0.15, -0.1) is 0 Å². The minimum Gasteiger partial charge on any atom is -0.483 e. The zero-order chi connectivity index (χ0) is 11.2. The van der Waals surface area contributed by atoms with E-state index in [0.29, 0.717) is 6.54 Å². The van der Waals surface area contributed by atoms with Crippen LogP contribution in [-0.2, 0) is 4.79 Å². The lowest BCUT2D eigenvalue weighted by atomic mass is 10.0. The van der Waals surface area contributed by atoms with E-state index < -0.39 is 6.09 Å². The summed E-state index contributed by atoms with van der Waals surface area (Å²) in [5.74, 6) is 0. The summed E-state index contributed by atoms with van der Waals surface area (Å²) in [4.78, 5) is 20.5. The molecule has 0 atom stereocenters. The average Bonchev–Trinajstić information content (AvgIpc) is 2.03. The lowest BCUT2D eigenvalue weighted by molar-refractivity contribution is -0.122. The SMILES string of the molecule is CC1(C)CNCCN1C(=O)O.O=CO. The Morgan fingerprint density at radius 3 is 2.36 bits per heavy atom. The van der Waals surface area contributed by atoms with Crippen LogP contribution in [0.2, 0.25) is 0 Å². The molecule has 3 N–H and O–H groups in total. The highest BCUT2D eigenvalue weighted by Gasteiger charge is 2.32. The van der Waals surface area contributed by atoms with Crippen molar-refractivity contribution < 1.29 is 19.8 Å². The van der Waals surface area contributed by atoms with E-state index in [1.54, 1.807) is 0 Å². The number of piperazine rings is 1. The minimum absolute atomic E-state index is 0.250. The monoisotopic (exact) mass is 204 g/mol. The molecule has 1 fully saturated rings. The highest BCUT2D eigenvalue weighted by molar-refractivity contribution is 5.66. The number of nitrogens with one attached hydrogen (secondary N) is 1. The standard InChI is InChI=1S/C7H14N2O2.CH2O2/c1-7(2)5-8-3-4-9(7)6(10)11;2-1-3/h8H,3-5H2,1-2H3,(H,10,11);1H,(H,2,3). The second-order valence-corrected chi connectivity index (χ2v) is 3.53. The smallest absolute Gasteiger partial charge is 0.407 e. The van der Waals surface area contributed by atoms with Crippen molar-refractivity contribution in [1.82, 2.24) is 10.2 Å². The van der Waals surface area contributed by atoms with Crippen LogP contribution >= 0.6 is 0 Å². The first-order chi connectivity index (χ1) is 6.45. The predicted molar refractivity (Wildman–Crippen MR) is 50.4 cm³/mol. The van der Waals surface area contributed by atoms with Crippen LogP contribution in [-0.4, -0.2) is 52.9 Å². The van der Waals surface area contributed by atoms with Crippen molar-refractivity contribution >= 4 is 12.6 Å². The third-order valence-corrected chi connectivity index (χ3v) is 2.03. The lowest BCUT2D eigenvalue weighted by Crippen LogP contribution is -2.59. The van der Waals surface area contributed by atoms with Crippen LogP contribution in [0.5, 0.6) is 0 Å². The van der Waals surface area contributed by atoms with E-state index in [4.69, 9.17) is 15.0 Å². The number of carboxylic acid groups (broad SMARTS) is 2. The number of amides is 1. The van der Waals surface area contributed by atoms with E-state index in [-0.39, 0.29) is 12.0 Å². The van der Waals surface area contributed by atoms with Gasteiger partial charge in [0, 0.05) is 19.6 Å². The molecule has 0 radical (unpaired) electrons. The van der Waals surface area contributed by atoms with Crippen LogP contribution in [0.3, 0.4) is 0 Å². The van der Waals surface area contributed by atoms with Gasteiger partial charge in [0.2, 0.25) is 0 Å². The molecule has 1 amide bonds. The highest BCUT2D eigenvalue weighted by Crippen LogP contribution is 2.15. The quantitative estimate of drug-likeness (QED) is 0.485. The number of carbonyl (C=O) groups is 2. The molecular formula is C8H16N2O4. The molecule has 1 saturated heterocycles. The molecule has 1 heterocycles. The molecule has 1 rings (SSSR count). The molecule has 82 valence electrons. The summed E-state index contributed by atoms with van der Waals surface area (Å²) in [7, 11) is 0. The molecule has 0 aromatic rings. The van der Waals surface area contributed by atoms with Crippen molar-refractivity contribution in [3.63, 3.8) is 0 Å². The van der Waals surface area contributed by atoms with Crippen molar-refractivity contribution in [2.75, 3.05) is 19.6 Å². The fourth-order valence-corrected chi connectivity index (χ4v) is 1.34. The molecule has 6 nitrogen and oxygen atoms in total. The normalized spacial score (nSPS) is 19.1. The Kier molecular flexibility index (Phi) is 4.93. The van der Waals surface area contributed by atoms with Crippen LogP contribution in [0.4, 0.5) is 4.79 Å². The van der Waals surface area contributed by atoms with Gasteiger partial charge in [0.05, 0.1) is 5.54 Å². The molecule has 0 aromatic carbocycles. The largest absolute Gasteiger partial charge is 0.483 e. The topological polar surface area (TPSA) is 89.9 Å². The molecule has 6 heteroatoms. The second-order valence-electron chi connectivity index (χ2n) is 3.53. The first kappa shape index (κ1) is 12.7. The van der Waals surface area contributed by atoms with E-state index in [1.807, 2.05) is 13.8 Å². The molecule has 0 saturated carbocycles. The Balaban J connectivity index is 0.000000500. The van der Waals surface area contributed by atoms with Crippen molar-refractivity contribution in [2.24, 2.45) is 0 Å². The second kappa shape index (κ2) is 5.43. The third kappa shape index (κ3) is 3.61. The van der Waals surface area contributed by atoms with Gasteiger partial charge >= 0.3 is 6.09 Å². The molecule has 14 heavy (non-hydrogen) atoms. The maximum atomic E-state index is 10.7. The van der Waals surface area contributed by atoms with Gasteiger partial charge in [-0.1, -0.05) is 0 Å². The molecule has 0 unspecified atom stereocenters. The first-order valence-corrected chi connectivity index (χ1v) is 4.25. The lowest BCUT2D eigenvalue weighted by Gasteiger charge is -2.40. The number of rotatable bonds is 0. The van der Waals surface area contributed by atoms with Gasteiger partial charge in [0.25, 0.3) is 6.47 Å². The van der Waals surface area contributed by atoms with Crippen LogP contribution < -0.4 is 5.32 Å². The fraction of sp³-hybridized carbons (Fsp3) is 0.750. The predicted octanol–water partition coefficient (Wildman–Crippen LogP) is 0.0490. The van der Waals surface area contributed by atoms with Gasteiger partial charge in [0.1, 0.15) is 0 Å². The maximum Gasteiger partial charge on any atom is 0.407 e. The Morgan fingerprint density at radius 2 is 2.07 bits per heavy atom. The molecule has 0 aliphatic carbocycles. The Morgan fingerprint density at radius 1 is 1.57 bits per heavy atom. The molecule has 1 aliphatic heterocycles. The Hall–Kier alpha value is -1.30. The van der Waals surface area contributed by atoms with Gasteiger partial charge in [-0.3, -0.25) is 4.79 Å². The van der Waals surface area contributed by atoms with Crippen LogP contribution in [0, 0.1) is 0 Å². The number of nitrogens with zero attached hydrogens (tertiary/aromatic N) is 1. The fourth-order valence-electron chi connectivity index (χ4n) is 1.34. The molecule has 1 aliphatic rings. The van der Waals surface area contributed by atoms with Crippen molar-refractivity contribution in [2.45, 2.75) is 19.4 Å². The summed E-state index contributed by atoms with van der Waals surface area (Å²) >= 11 is 0. The Bertz CT molecular complexity index is 206. The van der Waals surface area contributed by atoms with Crippen LogP contribution in [0.15, 0.2) is 0 Å². The zero-order valence-corrected chi connectivity index (χ0v) is 8.36. The van der Waals surface area contributed by atoms with E-state index in [0.717, 1.165) is 13.1 Å². The van der Waals surface area contributed by atoms with E-state index >= 15 is 0 Å². The zero-order valence-electron chi connectivity index (χ0n) is 8.36. The van der Waals surface area contributed by atoms with E-state index in [1.165, 1.54) is 4.90 Å². The number of hydrogen-bond acceptors (Lipinski definition) is 3. The summed E-state index contributed by atoms with van der Waals surface area (Å²) in [5.41, 5.74) is -0.260. The summed E-state index contributed by atoms with van der Waals surface area (Å²) in [6, 6.07) is 0. The third-order valence-electron chi connectivity index (χ3n) is 2.03. The van der Waals surface area contributed by atoms with E-state index in [9.17, 15) is 4.79 Å². The van der Waals surface area contributed by atoms with Crippen molar-refractivity contribution in [3.05, 3.63) is 0 Å².